The lowest BCUT2D eigenvalue weighted by Gasteiger charge is -2.07. The quantitative estimate of drug-likeness (QED) is 0.545. The van der Waals surface area contributed by atoms with Gasteiger partial charge in [0.25, 0.3) is 0 Å². The fraction of sp³-hybridized carbons (Fsp3) is 0. The van der Waals surface area contributed by atoms with E-state index >= 15 is 0 Å². The molecule has 0 saturated heterocycles. The maximum absolute atomic E-state index is 13.3. The number of hydrogen-bond acceptors (Lipinski definition) is 4. The molecule has 0 aliphatic rings. The largest absolute Gasteiger partial charge is 0.308 e. The molecule has 0 aliphatic carbocycles. The molecule has 3 N–H and O–H groups in total. The van der Waals surface area contributed by atoms with E-state index in [1.807, 2.05) is 24.3 Å². The second-order valence-electron chi connectivity index (χ2n) is 4.07. The van der Waals surface area contributed by atoms with Crippen molar-refractivity contribution in [1.29, 1.82) is 0 Å². The van der Waals surface area contributed by atoms with Crippen LogP contribution in [0.25, 0.3) is 22.3 Å². The first-order valence-electron chi connectivity index (χ1n) is 5.77. The molecule has 3 aromatic rings. The standard InChI is InChI=1S/C14H11FN4/c15-10-5-3-4-9(8-10)13-17-12-7-2-1-6-11(12)14(18-13)19-16/h1-8H,16H2,(H,17,18,19). The van der Waals surface area contributed by atoms with Gasteiger partial charge in [-0.15, -0.1) is 0 Å². The first-order valence-corrected chi connectivity index (χ1v) is 5.77. The van der Waals surface area contributed by atoms with Crippen LogP contribution in [0.5, 0.6) is 0 Å². The minimum atomic E-state index is -0.323. The van der Waals surface area contributed by atoms with Crippen LogP contribution in [0.1, 0.15) is 0 Å². The number of nitrogen functional groups attached to an aromatic ring is 1. The fourth-order valence-electron chi connectivity index (χ4n) is 1.94. The third-order valence-electron chi connectivity index (χ3n) is 2.82. The van der Waals surface area contributed by atoms with Crippen molar-refractivity contribution in [3.05, 3.63) is 54.3 Å². The number of aromatic nitrogens is 2. The molecule has 94 valence electrons. The second kappa shape index (κ2) is 4.62. The van der Waals surface area contributed by atoms with Gasteiger partial charge in [-0.05, 0) is 24.3 Å². The normalized spacial score (nSPS) is 10.6. The van der Waals surface area contributed by atoms with E-state index in [-0.39, 0.29) is 5.82 Å². The van der Waals surface area contributed by atoms with E-state index in [9.17, 15) is 4.39 Å². The summed E-state index contributed by atoms with van der Waals surface area (Å²) in [6.07, 6.45) is 0. The average Bonchev–Trinajstić information content (AvgIpc) is 2.46. The zero-order chi connectivity index (χ0) is 13.2. The van der Waals surface area contributed by atoms with Gasteiger partial charge in [-0.25, -0.2) is 20.2 Å². The van der Waals surface area contributed by atoms with Crippen molar-refractivity contribution in [3.63, 3.8) is 0 Å². The molecule has 0 aliphatic heterocycles. The number of nitrogens with two attached hydrogens (primary N) is 1. The van der Waals surface area contributed by atoms with Crippen LogP contribution in [0, 0.1) is 5.82 Å². The Hall–Kier alpha value is -2.53. The van der Waals surface area contributed by atoms with Gasteiger partial charge in [0.1, 0.15) is 5.82 Å². The minimum absolute atomic E-state index is 0.323. The lowest BCUT2D eigenvalue weighted by atomic mass is 10.2. The lowest BCUT2D eigenvalue weighted by molar-refractivity contribution is 0.628. The van der Waals surface area contributed by atoms with Gasteiger partial charge >= 0.3 is 0 Å². The molecule has 0 spiro atoms. The maximum Gasteiger partial charge on any atom is 0.162 e. The van der Waals surface area contributed by atoms with Crippen LogP contribution in [-0.2, 0) is 0 Å². The molecule has 1 heterocycles. The predicted octanol–water partition coefficient (Wildman–Crippen LogP) is 2.72. The van der Waals surface area contributed by atoms with Crippen molar-refractivity contribution in [3.8, 4) is 11.4 Å². The zero-order valence-corrected chi connectivity index (χ0v) is 9.97. The molecule has 0 amide bonds. The molecule has 19 heavy (non-hydrogen) atoms. The molecule has 2 aromatic carbocycles. The Morgan fingerprint density at radius 2 is 1.84 bits per heavy atom. The van der Waals surface area contributed by atoms with E-state index in [1.54, 1.807) is 12.1 Å². The molecule has 0 atom stereocenters. The Bertz CT molecular complexity index is 742. The highest BCUT2D eigenvalue weighted by Gasteiger charge is 2.08. The molecule has 5 heteroatoms. The Labute approximate surface area is 109 Å². The average molecular weight is 254 g/mol. The summed E-state index contributed by atoms with van der Waals surface area (Å²) in [4.78, 5) is 8.74. The van der Waals surface area contributed by atoms with Crippen molar-refractivity contribution < 1.29 is 4.39 Å². The summed E-state index contributed by atoms with van der Waals surface area (Å²) in [5, 5.41) is 0.824. The smallest absolute Gasteiger partial charge is 0.162 e. The number of hydrazine groups is 1. The Balaban J connectivity index is 2.25. The first-order chi connectivity index (χ1) is 9.28. The molecule has 0 unspecified atom stereocenters. The third kappa shape index (κ3) is 2.11. The number of nitrogens with one attached hydrogen (secondary N) is 1. The van der Waals surface area contributed by atoms with Crippen LogP contribution in [0.15, 0.2) is 48.5 Å². The monoisotopic (exact) mass is 254 g/mol. The first kappa shape index (κ1) is 11.6. The summed E-state index contributed by atoms with van der Waals surface area (Å²) < 4.78 is 13.3. The number of halogens is 1. The fourth-order valence-corrected chi connectivity index (χ4v) is 1.94. The van der Waals surface area contributed by atoms with Crippen LogP contribution in [0.2, 0.25) is 0 Å². The SMILES string of the molecule is NNc1nc(-c2cccc(F)c2)nc2ccccc12. The molecule has 0 bridgehead atoms. The number of hydrogen-bond donors (Lipinski definition) is 2. The molecule has 0 fully saturated rings. The van der Waals surface area contributed by atoms with Gasteiger partial charge in [-0.1, -0.05) is 24.3 Å². The van der Waals surface area contributed by atoms with Gasteiger partial charge in [0.2, 0.25) is 0 Å². The van der Waals surface area contributed by atoms with Crippen molar-refractivity contribution in [2.24, 2.45) is 5.84 Å². The van der Waals surface area contributed by atoms with Crippen LogP contribution >= 0.6 is 0 Å². The minimum Gasteiger partial charge on any atom is -0.308 e. The summed E-state index contributed by atoms with van der Waals surface area (Å²) >= 11 is 0. The maximum atomic E-state index is 13.3. The Kier molecular flexibility index (Phi) is 2.81. The number of nitrogens with zero attached hydrogens (tertiary/aromatic N) is 2. The number of fused-ring (bicyclic) bond motifs is 1. The van der Waals surface area contributed by atoms with Crippen molar-refractivity contribution in [2.75, 3.05) is 5.43 Å². The Morgan fingerprint density at radius 1 is 1.00 bits per heavy atom. The molecule has 1 aromatic heterocycles. The second-order valence-corrected chi connectivity index (χ2v) is 4.07. The molecule has 3 rings (SSSR count). The summed E-state index contributed by atoms with van der Waals surface area (Å²) in [6, 6.07) is 13.7. The van der Waals surface area contributed by atoms with E-state index in [2.05, 4.69) is 15.4 Å². The third-order valence-corrected chi connectivity index (χ3v) is 2.82. The zero-order valence-electron chi connectivity index (χ0n) is 9.97. The predicted molar refractivity (Wildman–Crippen MR) is 72.7 cm³/mol. The van der Waals surface area contributed by atoms with Gasteiger partial charge in [-0.3, -0.25) is 0 Å². The molecular formula is C14H11FN4. The van der Waals surface area contributed by atoms with Gasteiger partial charge in [0, 0.05) is 10.9 Å². The van der Waals surface area contributed by atoms with E-state index in [0.29, 0.717) is 17.2 Å². The summed E-state index contributed by atoms with van der Waals surface area (Å²) in [5.41, 5.74) is 3.92. The van der Waals surface area contributed by atoms with Crippen LogP contribution in [0.4, 0.5) is 10.2 Å². The highest BCUT2D eigenvalue weighted by molar-refractivity contribution is 5.90. The molecule has 0 saturated carbocycles. The van der Waals surface area contributed by atoms with Crippen molar-refractivity contribution in [1.82, 2.24) is 9.97 Å². The number of rotatable bonds is 2. The van der Waals surface area contributed by atoms with E-state index in [0.717, 1.165) is 10.9 Å². The van der Waals surface area contributed by atoms with Crippen molar-refractivity contribution >= 4 is 16.7 Å². The topological polar surface area (TPSA) is 63.8 Å². The van der Waals surface area contributed by atoms with Gasteiger partial charge < -0.3 is 5.43 Å². The molecule has 4 nitrogen and oxygen atoms in total. The van der Waals surface area contributed by atoms with Gasteiger partial charge in [0.15, 0.2) is 11.6 Å². The van der Waals surface area contributed by atoms with E-state index in [4.69, 9.17) is 5.84 Å². The highest BCUT2D eigenvalue weighted by Crippen LogP contribution is 2.24. The summed E-state index contributed by atoms with van der Waals surface area (Å²) in [6.45, 7) is 0. The van der Waals surface area contributed by atoms with Crippen LogP contribution in [0.3, 0.4) is 0 Å². The summed E-state index contributed by atoms with van der Waals surface area (Å²) in [7, 11) is 0. The highest BCUT2D eigenvalue weighted by atomic mass is 19.1. The van der Waals surface area contributed by atoms with E-state index < -0.39 is 0 Å². The molecule has 0 radical (unpaired) electrons. The van der Waals surface area contributed by atoms with Crippen LogP contribution < -0.4 is 11.3 Å². The van der Waals surface area contributed by atoms with Gasteiger partial charge in [0.05, 0.1) is 5.52 Å². The molecular weight excluding hydrogens is 243 g/mol. The lowest BCUT2D eigenvalue weighted by Crippen LogP contribution is -2.10. The van der Waals surface area contributed by atoms with Crippen molar-refractivity contribution in [2.45, 2.75) is 0 Å². The number of benzene rings is 2. The summed E-state index contributed by atoms with van der Waals surface area (Å²) in [5.74, 6) is 6.11. The number of anilines is 1. The van der Waals surface area contributed by atoms with E-state index in [1.165, 1.54) is 12.1 Å². The van der Waals surface area contributed by atoms with Gasteiger partial charge in [-0.2, -0.15) is 0 Å². The van der Waals surface area contributed by atoms with Crippen LogP contribution in [-0.4, -0.2) is 9.97 Å². The Morgan fingerprint density at radius 3 is 2.63 bits per heavy atom. The number of para-hydroxylation sites is 1.